The van der Waals surface area contributed by atoms with E-state index in [4.69, 9.17) is 32.7 Å². The van der Waals surface area contributed by atoms with Crippen molar-refractivity contribution in [3.8, 4) is 11.5 Å². The standard InChI is InChI=1S/C23H23Cl2NO4/c1-14-3-5-17-19(27)12-23(30-22(17)15(14)2)7-9-26(10-8-23)21(28)13-29-20-6-4-16(24)11-18(20)25/h3-6,11H,7-10,12-13H2,1-2H3. The normalized spacial score (nSPS) is 17.5. The summed E-state index contributed by atoms with van der Waals surface area (Å²) in [7, 11) is 0. The fourth-order valence-corrected chi connectivity index (χ4v) is 4.51. The van der Waals surface area contributed by atoms with Gasteiger partial charge in [0.1, 0.15) is 17.1 Å². The molecule has 30 heavy (non-hydrogen) atoms. The fourth-order valence-electron chi connectivity index (χ4n) is 4.05. The number of hydrogen-bond donors (Lipinski definition) is 0. The van der Waals surface area contributed by atoms with Gasteiger partial charge in [0.15, 0.2) is 12.4 Å². The van der Waals surface area contributed by atoms with Crippen molar-refractivity contribution in [2.45, 2.75) is 38.7 Å². The molecule has 0 atom stereocenters. The van der Waals surface area contributed by atoms with Gasteiger partial charge in [0.25, 0.3) is 5.91 Å². The first-order valence-electron chi connectivity index (χ1n) is 9.96. The summed E-state index contributed by atoms with van der Waals surface area (Å²) >= 11 is 12.0. The number of ketones is 1. The highest BCUT2D eigenvalue weighted by Gasteiger charge is 2.44. The lowest BCUT2D eigenvalue weighted by atomic mass is 9.81. The van der Waals surface area contributed by atoms with Gasteiger partial charge in [-0.3, -0.25) is 9.59 Å². The number of ether oxygens (including phenoxy) is 2. The van der Waals surface area contributed by atoms with Gasteiger partial charge in [-0.2, -0.15) is 0 Å². The predicted molar refractivity (Wildman–Crippen MR) is 116 cm³/mol. The summed E-state index contributed by atoms with van der Waals surface area (Å²) in [6.45, 7) is 4.93. The molecule has 5 nitrogen and oxygen atoms in total. The van der Waals surface area contributed by atoms with Gasteiger partial charge in [-0.05, 0) is 49.2 Å². The number of carbonyl (C=O) groups excluding carboxylic acids is 2. The smallest absolute Gasteiger partial charge is 0.260 e. The lowest BCUT2D eigenvalue weighted by molar-refractivity contribution is -0.136. The second kappa shape index (κ2) is 8.12. The van der Waals surface area contributed by atoms with E-state index in [0.29, 0.717) is 59.5 Å². The first kappa shape index (κ1) is 21.0. The van der Waals surface area contributed by atoms with Gasteiger partial charge in [0, 0.05) is 31.0 Å². The van der Waals surface area contributed by atoms with Crippen LogP contribution in [0.3, 0.4) is 0 Å². The van der Waals surface area contributed by atoms with Gasteiger partial charge >= 0.3 is 0 Å². The summed E-state index contributed by atoms with van der Waals surface area (Å²) in [5, 5.41) is 0.875. The molecule has 1 saturated heterocycles. The van der Waals surface area contributed by atoms with Crippen molar-refractivity contribution in [2.24, 2.45) is 0 Å². The molecule has 1 fully saturated rings. The second-order valence-corrected chi connectivity index (χ2v) is 8.86. The Morgan fingerprint density at radius 3 is 2.60 bits per heavy atom. The quantitative estimate of drug-likeness (QED) is 0.662. The van der Waals surface area contributed by atoms with Crippen molar-refractivity contribution in [1.29, 1.82) is 0 Å². The molecular formula is C23H23Cl2NO4. The maximum Gasteiger partial charge on any atom is 0.260 e. The van der Waals surface area contributed by atoms with Crippen LogP contribution >= 0.6 is 23.2 Å². The molecule has 2 aromatic rings. The fraction of sp³-hybridized carbons (Fsp3) is 0.391. The Balaban J connectivity index is 1.39. The number of likely N-dealkylation sites (tertiary alicyclic amines) is 1. The largest absolute Gasteiger partial charge is 0.486 e. The Kier molecular flexibility index (Phi) is 5.69. The molecule has 0 unspecified atom stereocenters. The summed E-state index contributed by atoms with van der Waals surface area (Å²) in [5.74, 6) is 1.11. The van der Waals surface area contributed by atoms with Crippen molar-refractivity contribution >= 4 is 34.9 Å². The number of aryl methyl sites for hydroxylation is 1. The minimum atomic E-state index is -0.542. The molecule has 1 amide bonds. The Labute approximate surface area is 185 Å². The number of hydrogen-bond acceptors (Lipinski definition) is 4. The SMILES string of the molecule is Cc1ccc2c(c1C)OC1(CCN(C(=O)COc3ccc(Cl)cc3Cl)CC1)CC2=O. The molecule has 2 heterocycles. The molecule has 0 radical (unpaired) electrons. The van der Waals surface area contributed by atoms with Crippen LogP contribution in [-0.2, 0) is 4.79 Å². The van der Waals surface area contributed by atoms with Crippen LogP contribution in [0.2, 0.25) is 10.0 Å². The summed E-state index contributed by atoms with van der Waals surface area (Å²) in [4.78, 5) is 27.1. The van der Waals surface area contributed by atoms with Crippen LogP contribution in [0.15, 0.2) is 30.3 Å². The van der Waals surface area contributed by atoms with E-state index in [0.717, 1.165) is 11.1 Å². The number of amides is 1. The van der Waals surface area contributed by atoms with Crippen LogP contribution in [0.5, 0.6) is 11.5 Å². The lowest BCUT2D eigenvalue weighted by Gasteiger charge is -2.44. The molecule has 1 spiro atoms. The Bertz CT molecular complexity index is 1010. The highest BCUT2D eigenvalue weighted by molar-refractivity contribution is 6.35. The van der Waals surface area contributed by atoms with Crippen LogP contribution < -0.4 is 9.47 Å². The molecule has 0 aliphatic carbocycles. The summed E-state index contributed by atoms with van der Waals surface area (Å²) in [5.41, 5.74) is 2.23. The first-order valence-corrected chi connectivity index (χ1v) is 10.7. The van der Waals surface area contributed by atoms with Crippen LogP contribution in [0, 0.1) is 13.8 Å². The minimum Gasteiger partial charge on any atom is -0.486 e. The molecule has 0 N–H and O–H groups in total. The number of piperidine rings is 1. The van der Waals surface area contributed by atoms with E-state index >= 15 is 0 Å². The molecule has 158 valence electrons. The van der Waals surface area contributed by atoms with Crippen molar-refractivity contribution in [1.82, 2.24) is 4.90 Å². The van der Waals surface area contributed by atoms with Crippen molar-refractivity contribution in [3.63, 3.8) is 0 Å². The summed E-state index contributed by atoms with van der Waals surface area (Å²) in [6.07, 6.45) is 1.57. The van der Waals surface area contributed by atoms with E-state index in [1.807, 2.05) is 26.0 Å². The average Bonchev–Trinajstić information content (AvgIpc) is 2.71. The van der Waals surface area contributed by atoms with Crippen molar-refractivity contribution in [3.05, 3.63) is 57.1 Å². The lowest BCUT2D eigenvalue weighted by Crippen LogP contribution is -2.53. The van der Waals surface area contributed by atoms with Gasteiger partial charge in [0.2, 0.25) is 0 Å². The van der Waals surface area contributed by atoms with E-state index in [1.54, 1.807) is 23.1 Å². The molecular weight excluding hydrogens is 425 g/mol. The highest BCUT2D eigenvalue weighted by atomic mass is 35.5. The molecule has 2 aliphatic heterocycles. The summed E-state index contributed by atoms with van der Waals surface area (Å²) in [6, 6.07) is 8.70. The van der Waals surface area contributed by atoms with E-state index in [-0.39, 0.29) is 18.3 Å². The third-order valence-electron chi connectivity index (χ3n) is 6.05. The predicted octanol–water partition coefficient (Wildman–Crippen LogP) is 5.02. The Hall–Kier alpha value is -2.24. The van der Waals surface area contributed by atoms with Gasteiger partial charge in [-0.1, -0.05) is 29.3 Å². The maximum absolute atomic E-state index is 12.8. The Morgan fingerprint density at radius 1 is 1.17 bits per heavy atom. The van der Waals surface area contributed by atoms with E-state index in [1.165, 1.54) is 0 Å². The number of carbonyl (C=O) groups is 2. The van der Waals surface area contributed by atoms with E-state index < -0.39 is 5.60 Å². The van der Waals surface area contributed by atoms with Crippen LogP contribution in [-0.4, -0.2) is 41.9 Å². The van der Waals surface area contributed by atoms with Crippen LogP contribution in [0.1, 0.15) is 40.7 Å². The molecule has 2 aliphatic rings. The third kappa shape index (κ3) is 4.01. The average molecular weight is 448 g/mol. The van der Waals surface area contributed by atoms with Gasteiger partial charge in [0.05, 0.1) is 17.0 Å². The topological polar surface area (TPSA) is 55.8 Å². The molecule has 0 bridgehead atoms. The number of halogens is 2. The zero-order valence-electron chi connectivity index (χ0n) is 17.0. The first-order chi connectivity index (χ1) is 14.3. The molecule has 4 rings (SSSR count). The summed E-state index contributed by atoms with van der Waals surface area (Å²) < 4.78 is 12.0. The maximum atomic E-state index is 12.8. The van der Waals surface area contributed by atoms with Crippen molar-refractivity contribution in [2.75, 3.05) is 19.7 Å². The van der Waals surface area contributed by atoms with Crippen molar-refractivity contribution < 1.29 is 19.1 Å². The minimum absolute atomic E-state index is 0.102. The van der Waals surface area contributed by atoms with Gasteiger partial charge in [-0.25, -0.2) is 0 Å². The highest BCUT2D eigenvalue weighted by Crippen LogP contribution is 2.41. The van der Waals surface area contributed by atoms with Gasteiger partial charge in [-0.15, -0.1) is 0 Å². The van der Waals surface area contributed by atoms with Crippen LogP contribution in [0.4, 0.5) is 0 Å². The number of Topliss-reactive ketones (excluding diaryl/α,β-unsaturated/α-hetero) is 1. The molecule has 0 aromatic heterocycles. The number of rotatable bonds is 3. The van der Waals surface area contributed by atoms with E-state index in [2.05, 4.69) is 0 Å². The number of fused-ring (bicyclic) bond motifs is 1. The zero-order chi connectivity index (χ0) is 21.5. The number of benzene rings is 2. The molecule has 7 heteroatoms. The van der Waals surface area contributed by atoms with Gasteiger partial charge < -0.3 is 14.4 Å². The second-order valence-electron chi connectivity index (χ2n) is 8.01. The Morgan fingerprint density at radius 2 is 1.90 bits per heavy atom. The molecule has 2 aromatic carbocycles. The molecule has 0 saturated carbocycles. The number of nitrogens with zero attached hydrogens (tertiary/aromatic N) is 1. The van der Waals surface area contributed by atoms with Crippen LogP contribution in [0.25, 0.3) is 0 Å². The third-order valence-corrected chi connectivity index (χ3v) is 6.58. The monoisotopic (exact) mass is 447 g/mol. The van der Waals surface area contributed by atoms with E-state index in [9.17, 15) is 9.59 Å². The zero-order valence-corrected chi connectivity index (χ0v) is 18.5.